The van der Waals surface area contributed by atoms with Crippen LogP contribution in [0.5, 0.6) is 0 Å². The minimum Gasteiger partial charge on any atom is -0.380 e. The van der Waals surface area contributed by atoms with Gasteiger partial charge < -0.3 is 5.32 Å². The van der Waals surface area contributed by atoms with Gasteiger partial charge in [0.05, 0.1) is 0 Å². The van der Waals surface area contributed by atoms with Crippen molar-refractivity contribution < 1.29 is 0 Å². The van der Waals surface area contributed by atoms with E-state index in [9.17, 15) is 0 Å². The van der Waals surface area contributed by atoms with Crippen LogP contribution in [0.1, 0.15) is 4.88 Å². The smallest absolute Gasteiger partial charge is 0.0494 e. The fourth-order valence-electron chi connectivity index (χ4n) is 2.00. The van der Waals surface area contributed by atoms with Crippen molar-refractivity contribution in [2.75, 3.05) is 5.32 Å². The van der Waals surface area contributed by atoms with Gasteiger partial charge in [-0.25, -0.2) is 0 Å². The molecule has 0 aliphatic heterocycles. The molecule has 1 N–H and O–H groups in total. The molecule has 0 saturated heterocycles. The zero-order chi connectivity index (χ0) is 12.9. The third-order valence-corrected chi connectivity index (χ3v) is 3.94. The quantitative estimate of drug-likeness (QED) is 0.698. The third-order valence-electron chi connectivity index (χ3n) is 3.00. The van der Waals surface area contributed by atoms with Crippen molar-refractivity contribution in [1.29, 1.82) is 0 Å². The van der Waals surface area contributed by atoms with E-state index < -0.39 is 0 Å². The number of anilines is 1. The fourth-order valence-corrected chi connectivity index (χ4v) is 2.83. The van der Waals surface area contributed by atoms with Crippen molar-refractivity contribution >= 4 is 17.0 Å². The number of nitrogens with one attached hydrogen (secondary N) is 1. The van der Waals surface area contributed by atoms with E-state index in [0.29, 0.717) is 0 Å². The molecule has 0 aliphatic carbocycles. The molecule has 3 rings (SSSR count). The molecule has 0 aliphatic rings. The first-order chi connectivity index (χ1) is 9.42. The SMILES string of the molecule is c1ccc(NCc2cc(-c3ccccc3)cs2)cc1. The van der Waals surface area contributed by atoms with Crippen molar-refractivity contribution in [3.63, 3.8) is 0 Å². The number of benzene rings is 2. The number of hydrogen-bond acceptors (Lipinski definition) is 2. The Morgan fingerprint density at radius 1 is 0.789 bits per heavy atom. The molecule has 0 radical (unpaired) electrons. The van der Waals surface area contributed by atoms with E-state index in [1.54, 1.807) is 11.3 Å². The van der Waals surface area contributed by atoms with Gasteiger partial charge >= 0.3 is 0 Å². The monoisotopic (exact) mass is 265 g/mol. The lowest BCUT2D eigenvalue weighted by molar-refractivity contribution is 1.19. The minimum absolute atomic E-state index is 0.877. The second-order valence-electron chi connectivity index (χ2n) is 4.39. The molecule has 1 nitrogen and oxygen atoms in total. The zero-order valence-corrected chi connectivity index (χ0v) is 11.4. The Kier molecular flexibility index (Phi) is 3.61. The molecule has 94 valence electrons. The maximum absolute atomic E-state index is 3.44. The Labute approximate surface area is 117 Å². The van der Waals surface area contributed by atoms with Crippen LogP contribution in [-0.4, -0.2) is 0 Å². The highest BCUT2D eigenvalue weighted by atomic mass is 32.1. The summed E-state index contributed by atoms with van der Waals surface area (Å²) in [4.78, 5) is 1.35. The Bertz CT molecular complexity index is 629. The molecule has 0 fully saturated rings. The molecule has 1 heterocycles. The summed E-state index contributed by atoms with van der Waals surface area (Å²) in [5.41, 5.74) is 3.75. The number of para-hydroxylation sites is 1. The predicted octanol–water partition coefficient (Wildman–Crippen LogP) is 5.03. The lowest BCUT2D eigenvalue weighted by Gasteiger charge is -2.03. The van der Waals surface area contributed by atoms with E-state index in [4.69, 9.17) is 0 Å². The Balaban J connectivity index is 1.69. The van der Waals surface area contributed by atoms with Crippen molar-refractivity contribution in [2.45, 2.75) is 6.54 Å². The van der Waals surface area contributed by atoms with Crippen molar-refractivity contribution in [1.82, 2.24) is 0 Å². The fraction of sp³-hybridized carbons (Fsp3) is 0.0588. The summed E-state index contributed by atoms with van der Waals surface area (Å²) in [6.07, 6.45) is 0. The Morgan fingerprint density at radius 3 is 2.21 bits per heavy atom. The average Bonchev–Trinajstić information content (AvgIpc) is 2.96. The van der Waals surface area contributed by atoms with Crippen molar-refractivity contribution in [3.8, 4) is 11.1 Å². The molecule has 0 unspecified atom stereocenters. The summed E-state index contributed by atoms with van der Waals surface area (Å²) < 4.78 is 0. The maximum atomic E-state index is 3.44. The van der Waals surface area contributed by atoms with E-state index in [1.807, 2.05) is 24.3 Å². The Morgan fingerprint density at radius 2 is 1.47 bits per heavy atom. The first kappa shape index (κ1) is 12.0. The third kappa shape index (κ3) is 3.04. The second-order valence-corrected chi connectivity index (χ2v) is 5.38. The molecular weight excluding hydrogens is 250 g/mol. The second kappa shape index (κ2) is 5.72. The summed E-state index contributed by atoms with van der Waals surface area (Å²) in [7, 11) is 0. The van der Waals surface area contributed by atoms with Crippen LogP contribution in [0, 0.1) is 0 Å². The average molecular weight is 265 g/mol. The lowest BCUT2D eigenvalue weighted by Crippen LogP contribution is -1.96. The molecule has 2 aromatic carbocycles. The number of thiophene rings is 1. The normalized spacial score (nSPS) is 10.3. The highest BCUT2D eigenvalue weighted by molar-refractivity contribution is 7.10. The van der Waals surface area contributed by atoms with Gasteiger partial charge in [0.25, 0.3) is 0 Å². The number of hydrogen-bond donors (Lipinski definition) is 1. The van der Waals surface area contributed by atoms with Gasteiger partial charge in [-0.2, -0.15) is 0 Å². The highest BCUT2D eigenvalue weighted by Gasteiger charge is 2.01. The van der Waals surface area contributed by atoms with E-state index in [0.717, 1.165) is 12.2 Å². The summed E-state index contributed by atoms with van der Waals surface area (Å²) in [5.74, 6) is 0. The molecule has 0 spiro atoms. The van der Waals surface area contributed by atoms with Crippen LogP contribution < -0.4 is 5.32 Å². The van der Waals surface area contributed by atoms with Crippen LogP contribution in [0.4, 0.5) is 5.69 Å². The molecular formula is C17H15NS. The van der Waals surface area contributed by atoms with E-state index in [-0.39, 0.29) is 0 Å². The van der Waals surface area contributed by atoms with Gasteiger partial charge in [0.1, 0.15) is 0 Å². The summed E-state index contributed by atoms with van der Waals surface area (Å²) in [5, 5.41) is 5.66. The standard InChI is InChI=1S/C17H15NS/c1-3-7-14(8-4-1)15-11-17(19-13-15)12-18-16-9-5-2-6-10-16/h1-11,13,18H,12H2. The van der Waals surface area contributed by atoms with Gasteiger partial charge in [-0.3, -0.25) is 0 Å². The molecule has 3 aromatic rings. The maximum Gasteiger partial charge on any atom is 0.0494 e. The molecule has 0 bridgehead atoms. The van der Waals surface area contributed by atoms with Crippen LogP contribution in [0.3, 0.4) is 0 Å². The lowest BCUT2D eigenvalue weighted by atomic mass is 10.1. The zero-order valence-electron chi connectivity index (χ0n) is 10.5. The highest BCUT2D eigenvalue weighted by Crippen LogP contribution is 2.25. The largest absolute Gasteiger partial charge is 0.380 e. The molecule has 1 aromatic heterocycles. The van der Waals surface area contributed by atoms with E-state index in [2.05, 4.69) is 53.2 Å². The van der Waals surface area contributed by atoms with Crippen LogP contribution >= 0.6 is 11.3 Å². The summed E-state index contributed by atoms with van der Waals surface area (Å²) in [6.45, 7) is 0.877. The molecule has 2 heteroatoms. The molecule has 0 amide bonds. The molecule has 0 atom stereocenters. The van der Waals surface area contributed by atoms with Gasteiger partial charge in [0.15, 0.2) is 0 Å². The van der Waals surface area contributed by atoms with Gasteiger partial charge in [0, 0.05) is 17.1 Å². The molecule has 19 heavy (non-hydrogen) atoms. The topological polar surface area (TPSA) is 12.0 Å². The molecule has 0 saturated carbocycles. The van der Waals surface area contributed by atoms with Crippen LogP contribution in [0.2, 0.25) is 0 Å². The van der Waals surface area contributed by atoms with Crippen LogP contribution in [0.25, 0.3) is 11.1 Å². The van der Waals surface area contributed by atoms with E-state index >= 15 is 0 Å². The van der Waals surface area contributed by atoms with Gasteiger partial charge in [-0.05, 0) is 34.7 Å². The van der Waals surface area contributed by atoms with Crippen molar-refractivity contribution in [3.05, 3.63) is 77.0 Å². The van der Waals surface area contributed by atoms with Crippen LogP contribution in [0.15, 0.2) is 72.1 Å². The van der Waals surface area contributed by atoms with Crippen molar-refractivity contribution in [2.24, 2.45) is 0 Å². The predicted molar refractivity (Wildman–Crippen MR) is 83.5 cm³/mol. The first-order valence-electron chi connectivity index (χ1n) is 6.33. The Hall–Kier alpha value is -2.06. The number of rotatable bonds is 4. The van der Waals surface area contributed by atoms with Gasteiger partial charge in [0.2, 0.25) is 0 Å². The van der Waals surface area contributed by atoms with Gasteiger partial charge in [-0.1, -0.05) is 48.5 Å². The first-order valence-corrected chi connectivity index (χ1v) is 7.21. The van der Waals surface area contributed by atoms with Gasteiger partial charge in [-0.15, -0.1) is 11.3 Å². The summed E-state index contributed by atoms with van der Waals surface area (Å²) in [6, 6.07) is 23.1. The van der Waals surface area contributed by atoms with Crippen LogP contribution in [-0.2, 0) is 6.54 Å². The summed E-state index contributed by atoms with van der Waals surface area (Å²) >= 11 is 1.80. The van der Waals surface area contributed by atoms with E-state index in [1.165, 1.54) is 16.0 Å². The minimum atomic E-state index is 0.877.